The predicted octanol–water partition coefficient (Wildman–Crippen LogP) is 2.32. The van der Waals surface area contributed by atoms with Gasteiger partial charge in [-0.05, 0) is 25.0 Å². The van der Waals surface area contributed by atoms with Gasteiger partial charge in [0.25, 0.3) is 5.91 Å². The lowest BCUT2D eigenvalue weighted by molar-refractivity contribution is 0.0515. The topological polar surface area (TPSA) is 75.3 Å². The summed E-state index contributed by atoms with van der Waals surface area (Å²) >= 11 is 0. The van der Waals surface area contributed by atoms with Crippen molar-refractivity contribution in [2.45, 2.75) is 38.3 Å². The zero-order valence-electron chi connectivity index (χ0n) is 14.6. The maximum Gasteiger partial charge on any atom is 0.254 e. The maximum atomic E-state index is 12.9. The quantitative estimate of drug-likeness (QED) is 0.906. The molecule has 0 aromatic carbocycles. The second kappa shape index (κ2) is 7.61. The number of rotatable bonds is 5. The van der Waals surface area contributed by atoms with Gasteiger partial charge in [0.05, 0.1) is 6.04 Å². The fourth-order valence-electron chi connectivity index (χ4n) is 3.32. The molecule has 0 unspecified atom stereocenters. The van der Waals surface area contributed by atoms with Gasteiger partial charge < -0.3 is 14.6 Å². The minimum atomic E-state index is -0.241. The lowest BCUT2D eigenvalue weighted by Gasteiger charge is -2.28. The van der Waals surface area contributed by atoms with Crippen LogP contribution in [0.4, 0.5) is 0 Å². The van der Waals surface area contributed by atoms with Gasteiger partial charge in [0.15, 0.2) is 0 Å². The highest BCUT2D eigenvalue weighted by molar-refractivity contribution is 5.94. The van der Waals surface area contributed by atoms with Crippen molar-refractivity contribution >= 4 is 5.91 Å². The lowest BCUT2D eigenvalue weighted by atomic mass is 10.0. The van der Waals surface area contributed by atoms with Crippen LogP contribution in [0.3, 0.4) is 0 Å². The first-order valence-electron chi connectivity index (χ1n) is 8.62. The Kier molecular flexibility index (Phi) is 5.28. The number of ether oxygens (including phenoxy) is 1. The molecule has 2 aromatic heterocycles. The average molecular weight is 341 g/mol. The van der Waals surface area contributed by atoms with Gasteiger partial charge in [-0.2, -0.15) is 0 Å². The fourth-order valence-corrected chi connectivity index (χ4v) is 3.32. The van der Waals surface area contributed by atoms with Crippen LogP contribution in [0.2, 0.25) is 0 Å². The molecular weight excluding hydrogens is 318 g/mol. The van der Waals surface area contributed by atoms with Gasteiger partial charge in [0.2, 0.25) is 5.56 Å². The molecular formula is C19H23N3O3. The van der Waals surface area contributed by atoms with Crippen molar-refractivity contribution < 1.29 is 9.53 Å². The van der Waals surface area contributed by atoms with E-state index >= 15 is 0 Å². The summed E-state index contributed by atoms with van der Waals surface area (Å²) in [6.45, 7) is 2.63. The number of aryl methyl sites for hydroxylation is 1. The lowest BCUT2D eigenvalue weighted by Crippen LogP contribution is -2.39. The van der Waals surface area contributed by atoms with Crippen LogP contribution in [0.1, 0.15) is 47.5 Å². The second-order valence-corrected chi connectivity index (χ2v) is 6.36. The Morgan fingerprint density at radius 1 is 1.44 bits per heavy atom. The Balaban J connectivity index is 1.83. The van der Waals surface area contributed by atoms with E-state index in [9.17, 15) is 9.59 Å². The third-order valence-electron chi connectivity index (χ3n) is 4.56. The zero-order valence-corrected chi connectivity index (χ0v) is 14.6. The number of aromatic nitrogens is 2. The van der Waals surface area contributed by atoms with E-state index in [2.05, 4.69) is 9.97 Å². The molecule has 3 heterocycles. The first-order valence-corrected chi connectivity index (χ1v) is 8.62. The first kappa shape index (κ1) is 17.4. The summed E-state index contributed by atoms with van der Waals surface area (Å²) < 4.78 is 5.84. The number of nitrogens with one attached hydrogen (secondary N) is 1. The van der Waals surface area contributed by atoms with E-state index in [1.165, 1.54) is 6.07 Å². The Bertz CT molecular complexity index is 788. The van der Waals surface area contributed by atoms with E-state index in [0.29, 0.717) is 12.2 Å². The number of hydrogen-bond acceptors (Lipinski definition) is 4. The number of aromatic amines is 1. The number of pyridine rings is 2. The first-order chi connectivity index (χ1) is 12.1. The van der Waals surface area contributed by atoms with Crippen molar-refractivity contribution in [3.63, 3.8) is 0 Å². The monoisotopic (exact) mass is 341 g/mol. The van der Waals surface area contributed by atoms with Gasteiger partial charge in [-0.25, -0.2) is 0 Å². The van der Waals surface area contributed by atoms with E-state index in [1.54, 1.807) is 30.4 Å². The SMILES string of the molecule is CCCc1cc(C(=O)N(C)[C@H]2CCO[C@@H]2c2cccnc2)cc(=O)[nH]1. The molecule has 1 saturated heterocycles. The number of nitrogens with zero attached hydrogens (tertiary/aromatic N) is 2. The van der Waals surface area contributed by atoms with Crippen LogP contribution in [0.5, 0.6) is 0 Å². The molecule has 2 atom stereocenters. The molecule has 0 radical (unpaired) electrons. The molecule has 1 aliphatic heterocycles. The highest BCUT2D eigenvalue weighted by Gasteiger charge is 2.35. The Labute approximate surface area is 146 Å². The van der Waals surface area contributed by atoms with E-state index in [-0.39, 0.29) is 23.6 Å². The summed E-state index contributed by atoms with van der Waals surface area (Å²) in [6.07, 6.45) is 5.70. The molecule has 0 saturated carbocycles. The number of likely N-dealkylation sites (N-methyl/N-ethyl adjacent to an activating group) is 1. The van der Waals surface area contributed by atoms with Gasteiger partial charge >= 0.3 is 0 Å². The van der Waals surface area contributed by atoms with Crippen LogP contribution in [0.25, 0.3) is 0 Å². The van der Waals surface area contributed by atoms with Crippen LogP contribution < -0.4 is 5.56 Å². The molecule has 0 aliphatic carbocycles. The molecule has 0 bridgehead atoms. The highest BCUT2D eigenvalue weighted by Crippen LogP contribution is 2.32. The largest absolute Gasteiger partial charge is 0.371 e. The molecule has 1 fully saturated rings. The molecule has 0 spiro atoms. The van der Waals surface area contributed by atoms with Crippen molar-refractivity contribution in [1.29, 1.82) is 0 Å². The van der Waals surface area contributed by atoms with E-state index < -0.39 is 0 Å². The van der Waals surface area contributed by atoms with Gasteiger partial charge in [-0.3, -0.25) is 14.6 Å². The van der Waals surface area contributed by atoms with Gasteiger partial charge in [0.1, 0.15) is 6.10 Å². The van der Waals surface area contributed by atoms with Crippen LogP contribution in [0.15, 0.2) is 41.5 Å². The predicted molar refractivity (Wildman–Crippen MR) is 94.5 cm³/mol. The molecule has 2 aromatic rings. The second-order valence-electron chi connectivity index (χ2n) is 6.36. The van der Waals surface area contributed by atoms with Crippen LogP contribution >= 0.6 is 0 Å². The molecule has 25 heavy (non-hydrogen) atoms. The molecule has 6 nitrogen and oxygen atoms in total. The van der Waals surface area contributed by atoms with Crippen molar-refractivity contribution in [3.8, 4) is 0 Å². The minimum absolute atomic E-state index is 0.0781. The number of carbonyl (C=O) groups excluding carboxylic acids is 1. The normalized spacial score (nSPS) is 19.8. The smallest absolute Gasteiger partial charge is 0.254 e. The van der Waals surface area contributed by atoms with Gasteiger partial charge in [0, 0.05) is 48.9 Å². The molecule has 6 heteroatoms. The van der Waals surface area contributed by atoms with E-state index in [4.69, 9.17) is 4.74 Å². The number of H-pyrrole nitrogens is 1. The molecule has 132 valence electrons. The van der Waals surface area contributed by atoms with Crippen LogP contribution in [-0.2, 0) is 11.2 Å². The maximum absolute atomic E-state index is 12.9. The standard InChI is InChI=1S/C19H23N3O3/c1-3-5-15-10-14(11-17(23)21-15)19(24)22(2)16-7-9-25-18(16)13-6-4-8-20-12-13/h4,6,8,10-12,16,18H,3,5,7,9H2,1-2H3,(H,21,23)/t16-,18+/m0/s1. The third-order valence-corrected chi connectivity index (χ3v) is 4.56. The average Bonchev–Trinajstić information content (AvgIpc) is 3.10. The summed E-state index contributed by atoms with van der Waals surface area (Å²) in [5.74, 6) is -0.159. The fraction of sp³-hybridized carbons (Fsp3) is 0.421. The summed E-state index contributed by atoms with van der Waals surface area (Å²) in [4.78, 5) is 33.4. The number of amides is 1. The molecule has 1 aliphatic rings. The highest BCUT2D eigenvalue weighted by atomic mass is 16.5. The van der Waals surface area contributed by atoms with Crippen molar-refractivity contribution in [2.24, 2.45) is 0 Å². The van der Waals surface area contributed by atoms with Crippen molar-refractivity contribution in [3.05, 3.63) is 63.8 Å². The van der Waals surface area contributed by atoms with E-state index in [0.717, 1.165) is 30.5 Å². The zero-order chi connectivity index (χ0) is 17.8. The van der Waals surface area contributed by atoms with Gasteiger partial charge in [-0.15, -0.1) is 0 Å². The molecule has 1 N–H and O–H groups in total. The molecule has 1 amide bonds. The van der Waals surface area contributed by atoms with Crippen molar-refractivity contribution in [1.82, 2.24) is 14.9 Å². The Morgan fingerprint density at radius 3 is 3.00 bits per heavy atom. The summed E-state index contributed by atoms with van der Waals surface area (Å²) in [5.41, 5.74) is 1.93. The summed E-state index contributed by atoms with van der Waals surface area (Å²) in [7, 11) is 1.77. The Morgan fingerprint density at radius 2 is 2.28 bits per heavy atom. The summed E-state index contributed by atoms with van der Waals surface area (Å²) in [5, 5.41) is 0. The number of hydrogen-bond donors (Lipinski definition) is 1. The molecule has 3 rings (SSSR count). The summed E-state index contributed by atoms with van der Waals surface area (Å²) in [6, 6.07) is 6.89. The van der Waals surface area contributed by atoms with Crippen LogP contribution in [0, 0.1) is 0 Å². The third kappa shape index (κ3) is 3.79. The van der Waals surface area contributed by atoms with Crippen molar-refractivity contribution in [2.75, 3.05) is 13.7 Å². The number of carbonyl (C=O) groups is 1. The Hall–Kier alpha value is -2.47. The van der Waals surface area contributed by atoms with Gasteiger partial charge in [-0.1, -0.05) is 19.4 Å². The minimum Gasteiger partial charge on any atom is -0.371 e. The van der Waals surface area contributed by atoms with E-state index in [1.807, 2.05) is 19.1 Å². The van der Waals surface area contributed by atoms with Crippen LogP contribution in [-0.4, -0.2) is 40.5 Å².